The molecule has 8 nitrogen and oxygen atoms in total. The van der Waals surface area contributed by atoms with Crippen LogP contribution in [0.4, 0.5) is 0 Å². The van der Waals surface area contributed by atoms with E-state index in [-0.39, 0.29) is 88.7 Å². The number of carboxylic acids is 3. The van der Waals surface area contributed by atoms with E-state index in [1.807, 2.05) is 0 Å². The fourth-order valence-corrected chi connectivity index (χ4v) is 0.947. The van der Waals surface area contributed by atoms with Crippen molar-refractivity contribution in [2.24, 2.45) is 0 Å². The normalized spacial score (nSPS) is 10.3. The van der Waals surface area contributed by atoms with E-state index in [1.165, 1.54) is 0 Å². The SMILES string of the molecule is O=C([O-])CN(CC(=O)[O-])[C@@H](CO)C(=O)[O-].[Na+].[Na+].[Na+]. The van der Waals surface area contributed by atoms with Crippen LogP contribution in [0.1, 0.15) is 0 Å². The Kier molecular flexibility index (Phi) is 22.6. The maximum absolute atomic E-state index is 10.4. The van der Waals surface area contributed by atoms with Gasteiger partial charge in [0.15, 0.2) is 0 Å². The second-order valence-corrected chi connectivity index (χ2v) is 2.67. The van der Waals surface area contributed by atoms with E-state index in [0.717, 1.165) is 0 Å². The molecule has 0 aliphatic rings. The number of carbonyl (C=O) groups is 3. The van der Waals surface area contributed by atoms with E-state index >= 15 is 0 Å². The summed E-state index contributed by atoms with van der Waals surface area (Å²) in [6.45, 7) is -2.87. The molecular weight excluding hydrogens is 279 g/mol. The van der Waals surface area contributed by atoms with E-state index < -0.39 is 43.6 Å². The summed E-state index contributed by atoms with van der Waals surface area (Å²) in [5.74, 6) is -5.12. The number of aliphatic hydroxyl groups is 1. The maximum Gasteiger partial charge on any atom is 1.00 e. The molecule has 11 heteroatoms. The molecule has 0 saturated heterocycles. The largest absolute Gasteiger partial charge is 1.00 e. The molecule has 0 bridgehead atoms. The van der Waals surface area contributed by atoms with E-state index in [2.05, 4.69) is 0 Å². The van der Waals surface area contributed by atoms with Gasteiger partial charge in [-0.2, -0.15) is 0 Å². The molecule has 0 aromatic carbocycles. The van der Waals surface area contributed by atoms with Crippen molar-refractivity contribution in [2.45, 2.75) is 6.04 Å². The predicted octanol–water partition coefficient (Wildman–Crippen LogP) is -15.1. The molecule has 0 amide bonds. The summed E-state index contributed by atoms with van der Waals surface area (Å²) in [5, 5.41) is 39.3. The van der Waals surface area contributed by atoms with Crippen molar-refractivity contribution in [1.82, 2.24) is 4.90 Å². The predicted molar refractivity (Wildman–Crippen MR) is 37.5 cm³/mol. The van der Waals surface area contributed by atoms with E-state index in [1.54, 1.807) is 0 Å². The molecule has 0 heterocycles. The third kappa shape index (κ3) is 12.4. The van der Waals surface area contributed by atoms with Gasteiger partial charge in [0, 0.05) is 13.1 Å². The first-order valence-corrected chi connectivity index (χ1v) is 3.84. The first-order valence-electron chi connectivity index (χ1n) is 3.84. The second kappa shape index (κ2) is 14.7. The number of carboxylic acid groups (broad SMARTS) is 3. The van der Waals surface area contributed by atoms with Crippen LogP contribution in [-0.2, 0) is 14.4 Å². The van der Waals surface area contributed by atoms with Crippen LogP contribution in [-0.4, -0.2) is 53.7 Å². The minimum atomic E-state index is -1.78. The van der Waals surface area contributed by atoms with Gasteiger partial charge in [0.05, 0.1) is 30.6 Å². The Bertz CT molecular complexity index is 260. The van der Waals surface area contributed by atoms with Crippen molar-refractivity contribution in [3.05, 3.63) is 0 Å². The average Bonchev–Trinajstić information content (AvgIpc) is 2.01. The minimum Gasteiger partial charge on any atom is -0.549 e. The van der Waals surface area contributed by atoms with Gasteiger partial charge in [-0.15, -0.1) is 0 Å². The molecule has 0 aromatic rings. The van der Waals surface area contributed by atoms with E-state index in [9.17, 15) is 29.7 Å². The molecular formula is C7H8NNa3O7. The molecule has 0 saturated carbocycles. The van der Waals surface area contributed by atoms with Crippen LogP contribution in [0.15, 0.2) is 0 Å². The minimum absolute atomic E-state index is 0. The standard InChI is InChI=1S/C7H11NO7.3Na/c9-3-4(7(14)15)8(1-5(10)11)2-6(12)13;;;/h4,9H,1-3H2,(H,10,11)(H,12,13)(H,14,15);;;/q;3*+1/p-3/t4-;;;/m0.../s1. The summed E-state index contributed by atoms with van der Waals surface area (Å²) < 4.78 is 0. The Morgan fingerprint density at radius 2 is 1.28 bits per heavy atom. The molecule has 86 valence electrons. The van der Waals surface area contributed by atoms with Crippen molar-refractivity contribution in [1.29, 1.82) is 0 Å². The Morgan fingerprint density at radius 3 is 1.44 bits per heavy atom. The molecule has 0 radical (unpaired) electrons. The zero-order valence-corrected chi connectivity index (χ0v) is 16.5. The molecule has 1 N–H and O–H groups in total. The van der Waals surface area contributed by atoms with Crippen LogP contribution >= 0.6 is 0 Å². The topological polar surface area (TPSA) is 144 Å². The van der Waals surface area contributed by atoms with Crippen LogP contribution in [0, 0.1) is 0 Å². The molecule has 0 spiro atoms. The molecule has 0 aromatic heterocycles. The number of carbonyl (C=O) groups excluding carboxylic acids is 3. The van der Waals surface area contributed by atoms with Gasteiger partial charge in [0.1, 0.15) is 0 Å². The number of hydrogen-bond acceptors (Lipinski definition) is 8. The second-order valence-electron chi connectivity index (χ2n) is 2.67. The van der Waals surface area contributed by atoms with E-state index in [4.69, 9.17) is 5.11 Å². The smallest absolute Gasteiger partial charge is 0.549 e. The van der Waals surface area contributed by atoms with Crippen molar-refractivity contribution in [3.63, 3.8) is 0 Å². The van der Waals surface area contributed by atoms with Crippen molar-refractivity contribution in [3.8, 4) is 0 Å². The van der Waals surface area contributed by atoms with Crippen molar-refractivity contribution < 1.29 is 123 Å². The zero-order chi connectivity index (χ0) is 12.0. The summed E-state index contributed by atoms with van der Waals surface area (Å²) in [7, 11) is 0. The van der Waals surface area contributed by atoms with Gasteiger partial charge >= 0.3 is 88.7 Å². The van der Waals surface area contributed by atoms with Gasteiger partial charge in [-0.1, -0.05) is 0 Å². The van der Waals surface area contributed by atoms with Crippen molar-refractivity contribution in [2.75, 3.05) is 19.7 Å². The first kappa shape index (κ1) is 27.6. The third-order valence-corrected chi connectivity index (χ3v) is 1.55. The van der Waals surface area contributed by atoms with Gasteiger partial charge in [-0.3, -0.25) is 4.90 Å². The fourth-order valence-electron chi connectivity index (χ4n) is 0.947. The Hall–Kier alpha value is 1.33. The number of hydrogen-bond donors (Lipinski definition) is 1. The molecule has 0 unspecified atom stereocenters. The first-order chi connectivity index (χ1) is 6.88. The van der Waals surface area contributed by atoms with Gasteiger partial charge in [0.2, 0.25) is 0 Å². The van der Waals surface area contributed by atoms with Crippen LogP contribution < -0.4 is 104 Å². The molecule has 0 aliphatic carbocycles. The number of rotatable bonds is 7. The zero-order valence-electron chi connectivity index (χ0n) is 10.5. The van der Waals surface area contributed by atoms with Gasteiger partial charge in [0.25, 0.3) is 0 Å². The van der Waals surface area contributed by atoms with Crippen LogP contribution in [0.25, 0.3) is 0 Å². The molecule has 0 rings (SSSR count). The Morgan fingerprint density at radius 1 is 0.944 bits per heavy atom. The third-order valence-electron chi connectivity index (χ3n) is 1.55. The fraction of sp³-hybridized carbons (Fsp3) is 0.571. The van der Waals surface area contributed by atoms with Gasteiger partial charge in [-0.05, 0) is 0 Å². The molecule has 18 heavy (non-hydrogen) atoms. The Balaban J connectivity index is -0.000000327. The van der Waals surface area contributed by atoms with Gasteiger partial charge in [-0.25, -0.2) is 0 Å². The summed E-state index contributed by atoms with van der Waals surface area (Å²) >= 11 is 0. The Labute approximate surface area is 170 Å². The summed E-state index contributed by atoms with van der Waals surface area (Å²) in [6.07, 6.45) is 0. The molecule has 0 fully saturated rings. The number of aliphatic hydroxyl groups excluding tert-OH is 1. The molecule has 0 aliphatic heterocycles. The number of nitrogens with zero attached hydrogens (tertiary/aromatic N) is 1. The summed E-state index contributed by atoms with van der Waals surface area (Å²) in [5.41, 5.74) is 0. The van der Waals surface area contributed by atoms with E-state index in [0.29, 0.717) is 4.90 Å². The maximum atomic E-state index is 10.4. The summed E-state index contributed by atoms with van der Waals surface area (Å²) in [4.78, 5) is 31.2. The quantitative estimate of drug-likeness (QED) is 0.454. The van der Waals surface area contributed by atoms with Crippen LogP contribution in [0.2, 0.25) is 0 Å². The summed E-state index contributed by atoms with van der Waals surface area (Å²) in [6, 6.07) is -1.72. The monoisotopic (exact) mass is 287 g/mol. The van der Waals surface area contributed by atoms with Crippen LogP contribution in [0.5, 0.6) is 0 Å². The number of aliphatic carboxylic acids is 3. The van der Waals surface area contributed by atoms with Crippen LogP contribution in [0.3, 0.4) is 0 Å². The van der Waals surface area contributed by atoms with Gasteiger partial charge < -0.3 is 34.8 Å². The van der Waals surface area contributed by atoms with Crippen molar-refractivity contribution >= 4 is 17.9 Å². The average molecular weight is 287 g/mol. The molecule has 1 atom stereocenters.